The molecule has 2 N–H and O–H groups in total. The van der Waals surface area contributed by atoms with Crippen molar-refractivity contribution in [1.82, 2.24) is 0 Å². The first-order chi connectivity index (χ1) is 9.40. The lowest BCUT2D eigenvalue weighted by molar-refractivity contribution is 0.101. The van der Waals surface area contributed by atoms with Crippen LogP contribution in [-0.4, -0.2) is 19.3 Å². The van der Waals surface area contributed by atoms with Crippen molar-refractivity contribution in [2.75, 3.05) is 4.72 Å². The van der Waals surface area contributed by atoms with Crippen molar-refractivity contribution in [3.05, 3.63) is 54.1 Å². The first kappa shape index (κ1) is 14.1. The number of carbonyl (C=O) groups is 1. The van der Waals surface area contributed by atoms with Crippen LogP contribution >= 0.6 is 0 Å². The summed E-state index contributed by atoms with van der Waals surface area (Å²) in [6.07, 6.45) is 0. The Morgan fingerprint density at radius 3 is 2.45 bits per heavy atom. The van der Waals surface area contributed by atoms with Gasteiger partial charge in [-0.2, -0.15) is 0 Å². The topological polar surface area (TPSA) is 83.5 Å². The van der Waals surface area contributed by atoms with Gasteiger partial charge in [-0.1, -0.05) is 24.3 Å². The number of para-hydroxylation sites is 2. The zero-order valence-corrected chi connectivity index (χ0v) is 11.5. The molecule has 0 heterocycles. The molecule has 0 unspecified atom stereocenters. The van der Waals surface area contributed by atoms with Crippen LogP contribution in [-0.2, 0) is 10.0 Å². The average Bonchev–Trinajstić information content (AvgIpc) is 2.41. The van der Waals surface area contributed by atoms with Crippen LogP contribution < -0.4 is 4.72 Å². The van der Waals surface area contributed by atoms with E-state index >= 15 is 0 Å². The lowest BCUT2D eigenvalue weighted by Crippen LogP contribution is -2.13. The first-order valence-electron chi connectivity index (χ1n) is 5.82. The van der Waals surface area contributed by atoms with Gasteiger partial charge in [0.2, 0.25) is 0 Å². The normalized spacial score (nSPS) is 11.1. The number of phenolic OH excluding ortho intramolecular Hbond substituents is 1. The van der Waals surface area contributed by atoms with E-state index in [1.807, 2.05) is 0 Å². The van der Waals surface area contributed by atoms with E-state index in [4.69, 9.17) is 0 Å². The van der Waals surface area contributed by atoms with Gasteiger partial charge in [0.05, 0.1) is 10.6 Å². The average molecular weight is 291 g/mol. The lowest BCUT2D eigenvalue weighted by atomic mass is 10.2. The van der Waals surface area contributed by atoms with Crippen molar-refractivity contribution in [2.45, 2.75) is 11.8 Å². The van der Waals surface area contributed by atoms with Crippen LogP contribution in [0.5, 0.6) is 5.75 Å². The summed E-state index contributed by atoms with van der Waals surface area (Å²) in [4.78, 5) is 11.2. The molecule has 0 bridgehead atoms. The second-order valence-corrected chi connectivity index (χ2v) is 5.89. The molecule has 104 valence electrons. The fourth-order valence-electron chi connectivity index (χ4n) is 1.65. The molecule has 0 aliphatic rings. The highest BCUT2D eigenvalue weighted by Crippen LogP contribution is 2.25. The van der Waals surface area contributed by atoms with Gasteiger partial charge in [-0.15, -0.1) is 0 Å². The summed E-state index contributed by atoms with van der Waals surface area (Å²) in [5, 5.41) is 9.58. The maximum Gasteiger partial charge on any atom is 0.262 e. The molecule has 0 aliphatic heterocycles. The van der Waals surface area contributed by atoms with Gasteiger partial charge in [-0.05, 0) is 31.2 Å². The summed E-state index contributed by atoms with van der Waals surface area (Å²) in [5.74, 6) is -0.386. The minimum atomic E-state index is -3.85. The summed E-state index contributed by atoms with van der Waals surface area (Å²) < 4.78 is 26.7. The number of rotatable bonds is 4. The van der Waals surface area contributed by atoms with Gasteiger partial charge in [0.25, 0.3) is 10.0 Å². The van der Waals surface area contributed by atoms with Crippen LogP contribution in [0.3, 0.4) is 0 Å². The number of carbonyl (C=O) groups excluding carboxylic acids is 1. The predicted octanol–water partition coefficient (Wildman–Crippen LogP) is 2.40. The van der Waals surface area contributed by atoms with Gasteiger partial charge >= 0.3 is 0 Å². The number of phenols is 1. The summed E-state index contributed by atoms with van der Waals surface area (Å²) in [5.41, 5.74) is 0.394. The summed E-state index contributed by atoms with van der Waals surface area (Å²) >= 11 is 0. The van der Waals surface area contributed by atoms with Gasteiger partial charge in [0.1, 0.15) is 5.75 Å². The third-order valence-electron chi connectivity index (χ3n) is 2.70. The van der Waals surface area contributed by atoms with E-state index in [1.54, 1.807) is 18.2 Å². The molecule has 5 nitrogen and oxygen atoms in total. The molecule has 0 spiro atoms. The lowest BCUT2D eigenvalue weighted by Gasteiger charge is -2.10. The molecule has 6 heteroatoms. The Kier molecular flexibility index (Phi) is 3.76. The van der Waals surface area contributed by atoms with E-state index in [0.717, 1.165) is 0 Å². The molecule has 0 aliphatic carbocycles. The molecule has 20 heavy (non-hydrogen) atoms. The van der Waals surface area contributed by atoms with E-state index in [0.29, 0.717) is 5.56 Å². The standard InChI is InChI=1S/C14H13NO4S/c1-10(16)11-5-4-6-12(9-11)20(18,19)15-13-7-2-3-8-14(13)17/h2-9,15,17H,1H3. The molecule has 0 aromatic heterocycles. The Balaban J connectivity index is 2.38. The molecule has 0 radical (unpaired) electrons. The molecular weight excluding hydrogens is 278 g/mol. The number of Topliss-reactive ketones (excluding diaryl/α,β-unsaturated/α-hetero) is 1. The summed E-state index contributed by atoms with van der Waals surface area (Å²) in [6, 6.07) is 11.7. The zero-order chi connectivity index (χ0) is 14.8. The van der Waals surface area contributed by atoms with Crippen molar-refractivity contribution in [3.63, 3.8) is 0 Å². The minimum Gasteiger partial charge on any atom is -0.506 e. The fraction of sp³-hybridized carbons (Fsp3) is 0.0714. The van der Waals surface area contributed by atoms with Crippen LogP contribution in [0.15, 0.2) is 53.4 Å². The van der Waals surface area contributed by atoms with E-state index in [2.05, 4.69) is 4.72 Å². The molecule has 2 aromatic rings. The Bertz CT molecular complexity index is 753. The van der Waals surface area contributed by atoms with Crippen LogP contribution in [0.2, 0.25) is 0 Å². The van der Waals surface area contributed by atoms with Crippen molar-refractivity contribution < 1.29 is 18.3 Å². The minimum absolute atomic E-state index is 0.0338. The van der Waals surface area contributed by atoms with Crippen LogP contribution in [0, 0.1) is 0 Å². The van der Waals surface area contributed by atoms with Gasteiger partial charge in [0, 0.05) is 5.56 Å². The van der Waals surface area contributed by atoms with Crippen LogP contribution in [0.4, 0.5) is 5.69 Å². The van der Waals surface area contributed by atoms with Gasteiger partial charge in [0.15, 0.2) is 5.78 Å². The zero-order valence-electron chi connectivity index (χ0n) is 10.7. The molecular formula is C14H13NO4S. The SMILES string of the molecule is CC(=O)c1cccc(S(=O)(=O)Nc2ccccc2O)c1. The van der Waals surface area contributed by atoms with Crippen molar-refractivity contribution in [2.24, 2.45) is 0 Å². The van der Waals surface area contributed by atoms with Crippen molar-refractivity contribution >= 4 is 21.5 Å². The van der Waals surface area contributed by atoms with Crippen molar-refractivity contribution in [3.8, 4) is 5.75 Å². The Hall–Kier alpha value is -2.34. The number of aromatic hydroxyl groups is 1. The molecule has 0 amide bonds. The van der Waals surface area contributed by atoms with Crippen molar-refractivity contribution in [1.29, 1.82) is 0 Å². The summed E-state index contributed by atoms with van der Waals surface area (Å²) in [6.45, 7) is 1.36. The molecule has 0 atom stereocenters. The number of hydrogen-bond donors (Lipinski definition) is 2. The highest BCUT2D eigenvalue weighted by molar-refractivity contribution is 7.92. The van der Waals surface area contributed by atoms with E-state index in [9.17, 15) is 18.3 Å². The van der Waals surface area contributed by atoms with Crippen LogP contribution in [0.1, 0.15) is 17.3 Å². The third-order valence-corrected chi connectivity index (χ3v) is 4.06. The Morgan fingerprint density at radius 2 is 1.80 bits per heavy atom. The van der Waals surface area contributed by atoms with Gasteiger partial charge in [-0.3, -0.25) is 9.52 Å². The van der Waals surface area contributed by atoms with Crippen LogP contribution in [0.25, 0.3) is 0 Å². The van der Waals surface area contributed by atoms with Gasteiger partial charge in [-0.25, -0.2) is 8.42 Å². The fourth-order valence-corrected chi connectivity index (χ4v) is 2.77. The third kappa shape index (κ3) is 2.97. The van der Waals surface area contributed by atoms with Gasteiger partial charge < -0.3 is 5.11 Å². The molecule has 0 saturated carbocycles. The Morgan fingerprint density at radius 1 is 1.10 bits per heavy atom. The number of benzene rings is 2. The number of nitrogens with one attached hydrogen (secondary N) is 1. The highest BCUT2D eigenvalue weighted by atomic mass is 32.2. The largest absolute Gasteiger partial charge is 0.506 e. The monoisotopic (exact) mass is 291 g/mol. The number of ketones is 1. The summed E-state index contributed by atoms with van der Waals surface area (Å²) in [7, 11) is -3.85. The van der Waals surface area contributed by atoms with E-state index in [-0.39, 0.29) is 22.1 Å². The highest BCUT2D eigenvalue weighted by Gasteiger charge is 2.16. The number of anilines is 1. The maximum atomic E-state index is 12.2. The molecule has 2 aromatic carbocycles. The second-order valence-electron chi connectivity index (χ2n) is 4.21. The quantitative estimate of drug-likeness (QED) is 0.669. The molecule has 0 saturated heterocycles. The smallest absolute Gasteiger partial charge is 0.262 e. The molecule has 0 fully saturated rings. The first-order valence-corrected chi connectivity index (χ1v) is 7.30. The van der Waals surface area contributed by atoms with E-state index in [1.165, 1.54) is 37.3 Å². The number of sulfonamides is 1. The molecule has 2 rings (SSSR count). The second kappa shape index (κ2) is 5.34. The number of hydrogen-bond acceptors (Lipinski definition) is 4. The van der Waals surface area contributed by atoms with E-state index < -0.39 is 10.0 Å². The Labute approximate surface area is 116 Å². The maximum absolute atomic E-state index is 12.2. The predicted molar refractivity (Wildman–Crippen MR) is 75.4 cm³/mol.